The van der Waals surface area contributed by atoms with Gasteiger partial charge in [-0.15, -0.1) is 0 Å². The second-order valence-corrected chi connectivity index (χ2v) is 5.34. The van der Waals surface area contributed by atoms with Crippen LogP contribution in [0.25, 0.3) is 0 Å². The summed E-state index contributed by atoms with van der Waals surface area (Å²) in [7, 11) is 0. The molecule has 1 aromatic heterocycles. The normalized spacial score (nSPS) is 11.2. The Bertz CT molecular complexity index is 713. The van der Waals surface area contributed by atoms with E-state index in [1.54, 1.807) is 12.5 Å². The maximum atomic E-state index is 11.5. The van der Waals surface area contributed by atoms with Crippen molar-refractivity contribution < 1.29 is 9.53 Å². The Morgan fingerprint density at radius 3 is 2.04 bits per heavy atom. The molecular formula is C19H18N2O2. The van der Waals surface area contributed by atoms with E-state index >= 15 is 0 Å². The Morgan fingerprint density at radius 2 is 1.61 bits per heavy atom. The minimum atomic E-state index is -0.648. The summed E-state index contributed by atoms with van der Waals surface area (Å²) >= 11 is 0. The lowest BCUT2D eigenvalue weighted by atomic mass is 9.83. The first-order chi connectivity index (χ1) is 11.2. The van der Waals surface area contributed by atoms with Crippen LogP contribution in [-0.4, -0.2) is 22.1 Å². The smallest absolute Gasteiger partial charge is 0.302 e. The zero-order valence-corrected chi connectivity index (χ0v) is 12.9. The number of nitrogens with zero attached hydrogens (tertiary/aromatic N) is 2. The highest BCUT2D eigenvalue weighted by Gasteiger charge is 2.37. The zero-order valence-electron chi connectivity index (χ0n) is 12.9. The highest BCUT2D eigenvalue weighted by atomic mass is 16.5. The Morgan fingerprint density at radius 1 is 1.04 bits per heavy atom. The third kappa shape index (κ3) is 2.88. The highest BCUT2D eigenvalue weighted by molar-refractivity contribution is 5.66. The average molecular weight is 306 g/mol. The number of imidazole rings is 1. The van der Waals surface area contributed by atoms with Gasteiger partial charge in [-0.05, 0) is 11.1 Å². The molecule has 0 atom stereocenters. The fourth-order valence-corrected chi connectivity index (χ4v) is 2.82. The number of carbonyl (C=O) groups excluding carboxylic acids is 1. The molecule has 23 heavy (non-hydrogen) atoms. The molecule has 4 nitrogen and oxygen atoms in total. The molecule has 0 amide bonds. The molecule has 0 spiro atoms. The van der Waals surface area contributed by atoms with Crippen molar-refractivity contribution in [3.05, 3.63) is 90.5 Å². The van der Waals surface area contributed by atoms with Crippen molar-refractivity contribution in [2.45, 2.75) is 12.5 Å². The first kappa shape index (κ1) is 15.0. The third-order valence-electron chi connectivity index (χ3n) is 3.93. The molecule has 1 heterocycles. The topological polar surface area (TPSA) is 44.1 Å². The first-order valence-corrected chi connectivity index (χ1v) is 7.46. The van der Waals surface area contributed by atoms with Crippen molar-refractivity contribution in [1.29, 1.82) is 0 Å². The van der Waals surface area contributed by atoms with Crippen molar-refractivity contribution in [3.8, 4) is 0 Å². The van der Waals surface area contributed by atoms with E-state index in [2.05, 4.69) is 4.98 Å². The van der Waals surface area contributed by atoms with Gasteiger partial charge in [0.1, 0.15) is 12.1 Å². The van der Waals surface area contributed by atoms with E-state index in [-0.39, 0.29) is 12.6 Å². The number of ether oxygens (including phenoxy) is 1. The van der Waals surface area contributed by atoms with Crippen LogP contribution >= 0.6 is 0 Å². The standard InChI is InChI=1S/C19H18N2O2/c1-16(22)23-14-19(21-13-12-20-15-21,17-8-4-2-5-9-17)18-10-6-3-7-11-18/h2-13,15H,14H2,1H3. The van der Waals surface area contributed by atoms with Crippen LogP contribution in [0.2, 0.25) is 0 Å². The molecule has 2 aromatic carbocycles. The van der Waals surface area contributed by atoms with Gasteiger partial charge in [-0.3, -0.25) is 4.79 Å². The first-order valence-electron chi connectivity index (χ1n) is 7.46. The van der Waals surface area contributed by atoms with Crippen LogP contribution in [-0.2, 0) is 15.1 Å². The average Bonchev–Trinajstić information content (AvgIpc) is 3.12. The molecule has 0 bridgehead atoms. The summed E-state index contributed by atoms with van der Waals surface area (Å²) in [6.45, 7) is 1.63. The van der Waals surface area contributed by atoms with Crippen LogP contribution in [0.15, 0.2) is 79.4 Å². The molecule has 3 aromatic rings. The van der Waals surface area contributed by atoms with Crippen molar-refractivity contribution in [2.24, 2.45) is 0 Å². The van der Waals surface area contributed by atoms with E-state index in [0.29, 0.717) is 0 Å². The summed E-state index contributed by atoms with van der Waals surface area (Å²) in [4.78, 5) is 15.7. The number of aromatic nitrogens is 2. The second kappa shape index (κ2) is 6.48. The third-order valence-corrected chi connectivity index (χ3v) is 3.93. The summed E-state index contributed by atoms with van der Waals surface area (Å²) < 4.78 is 7.44. The molecule has 3 rings (SSSR count). The summed E-state index contributed by atoms with van der Waals surface area (Å²) in [6.07, 6.45) is 5.38. The van der Waals surface area contributed by atoms with Crippen molar-refractivity contribution in [1.82, 2.24) is 9.55 Å². The summed E-state index contributed by atoms with van der Waals surface area (Å²) in [5.74, 6) is -0.304. The largest absolute Gasteiger partial charge is 0.463 e. The van der Waals surface area contributed by atoms with Crippen molar-refractivity contribution >= 4 is 5.97 Å². The van der Waals surface area contributed by atoms with Crippen molar-refractivity contribution in [2.75, 3.05) is 6.61 Å². The minimum absolute atomic E-state index is 0.201. The summed E-state index contributed by atoms with van der Waals surface area (Å²) in [5.41, 5.74) is 1.42. The molecule has 4 heteroatoms. The molecular weight excluding hydrogens is 288 g/mol. The SMILES string of the molecule is CC(=O)OCC(c1ccccc1)(c1ccccc1)n1ccnc1. The van der Waals surface area contributed by atoms with E-state index in [4.69, 9.17) is 4.74 Å². The van der Waals surface area contributed by atoms with Crippen LogP contribution in [0.5, 0.6) is 0 Å². The van der Waals surface area contributed by atoms with Crippen molar-refractivity contribution in [3.63, 3.8) is 0 Å². The molecule has 0 N–H and O–H groups in total. The number of rotatable bonds is 5. The number of hydrogen-bond acceptors (Lipinski definition) is 3. The van der Waals surface area contributed by atoms with Gasteiger partial charge in [-0.25, -0.2) is 4.98 Å². The van der Waals surface area contributed by atoms with Gasteiger partial charge >= 0.3 is 5.97 Å². The van der Waals surface area contributed by atoms with Gasteiger partial charge in [0.05, 0.1) is 6.33 Å². The molecule has 0 aliphatic carbocycles. The van der Waals surface area contributed by atoms with Gasteiger partial charge in [-0.2, -0.15) is 0 Å². The van der Waals surface area contributed by atoms with Crippen LogP contribution in [0.1, 0.15) is 18.1 Å². The van der Waals surface area contributed by atoms with E-state index in [1.807, 2.05) is 71.4 Å². The van der Waals surface area contributed by atoms with Gasteiger partial charge in [0.2, 0.25) is 0 Å². The van der Waals surface area contributed by atoms with Gasteiger partial charge in [0.25, 0.3) is 0 Å². The van der Waals surface area contributed by atoms with Gasteiger partial charge in [-0.1, -0.05) is 60.7 Å². The summed E-state index contributed by atoms with van der Waals surface area (Å²) in [5, 5.41) is 0. The predicted molar refractivity (Wildman–Crippen MR) is 87.9 cm³/mol. The number of benzene rings is 2. The maximum absolute atomic E-state index is 11.5. The van der Waals surface area contributed by atoms with Crippen LogP contribution in [0.3, 0.4) is 0 Å². The molecule has 0 saturated heterocycles. The second-order valence-electron chi connectivity index (χ2n) is 5.34. The van der Waals surface area contributed by atoms with Gasteiger partial charge in [0.15, 0.2) is 0 Å². The Balaban J connectivity index is 2.23. The number of hydrogen-bond donors (Lipinski definition) is 0. The molecule has 0 aliphatic rings. The van der Waals surface area contributed by atoms with Crippen LogP contribution in [0.4, 0.5) is 0 Å². The zero-order chi connectivity index (χ0) is 16.1. The number of esters is 1. The summed E-state index contributed by atoms with van der Waals surface area (Å²) in [6, 6.07) is 20.0. The van der Waals surface area contributed by atoms with Crippen LogP contribution in [0, 0.1) is 0 Å². The maximum Gasteiger partial charge on any atom is 0.302 e. The van der Waals surface area contributed by atoms with E-state index in [1.165, 1.54) is 6.92 Å². The Labute approximate surface area is 135 Å². The molecule has 0 radical (unpaired) electrons. The van der Waals surface area contributed by atoms with Gasteiger partial charge < -0.3 is 9.30 Å². The predicted octanol–water partition coefficient (Wildman–Crippen LogP) is 3.24. The Kier molecular flexibility index (Phi) is 4.24. The fourth-order valence-electron chi connectivity index (χ4n) is 2.82. The number of carbonyl (C=O) groups is 1. The fraction of sp³-hybridized carbons (Fsp3) is 0.158. The van der Waals surface area contributed by atoms with E-state index in [0.717, 1.165) is 11.1 Å². The monoisotopic (exact) mass is 306 g/mol. The molecule has 0 unspecified atom stereocenters. The Hall–Kier alpha value is -2.88. The molecule has 116 valence electrons. The quantitative estimate of drug-likeness (QED) is 0.680. The van der Waals surface area contributed by atoms with E-state index < -0.39 is 5.54 Å². The lowest BCUT2D eigenvalue weighted by molar-refractivity contribution is -0.142. The lowest BCUT2D eigenvalue weighted by Crippen LogP contribution is -2.41. The molecule has 0 fully saturated rings. The minimum Gasteiger partial charge on any atom is -0.463 e. The lowest BCUT2D eigenvalue weighted by Gasteiger charge is -2.35. The van der Waals surface area contributed by atoms with E-state index in [9.17, 15) is 4.79 Å². The van der Waals surface area contributed by atoms with Gasteiger partial charge in [0, 0.05) is 19.3 Å². The van der Waals surface area contributed by atoms with Crippen LogP contribution < -0.4 is 0 Å². The molecule has 0 aliphatic heterocycles. The highest BCUT2D eigenvalue weighted by Crippen LogP contribution is 2.34. The molecule has 0 saturated carbocycles.